The third-order valence-corrected chi connectivity index (χ3v) is 6.94. The quantitative estimate of drug-likeness (QED) is 0.455. The van der Waals surface area contributed by atoms with Crippen molar-refractivity contribution in [3.8, 4) is 5.75 Å². The molecular weight excluding hydrogens is 470 g/mol. The molecule has 2 heterocycles. The minimum absolute atomic E-state index is 0.105. The zero-order chi connectivity index (χ0) is 19.3. The van der Waals surface area contributed by atoms with Crippen molar-refractivity contribution in [2.75, 3.05) is 11.9 Å². The molecule has 0 aliphatic carbocycles. The molecule has 1 fully saturated rings. The second kappa shape index (κ2) is 7.09. The molecule has 2 aliphatic rings. The fraction of sp³-hybridized carbons (Fsp3) is 0.455. The molecule has 0 spiro atoms. The van der Waals surface area contributed by atoms with E-state index < -0.39 is 0 Å². The minimum atomic E-state index is 0.105. The monoisotopic (exact) mass is 493 g/mol. The summed E-state index contributed by atoms with van der Waals surface area (Å²) in [4.78, 5) is 0. The van der Waals surface area contributed by atoms with Crippen LogP contribution in [0.1, 0.15) is 62.4 Å². The average Bonchev–Trinajstić information content (AvgIpc) is 2.64. The van der Waals surface area contributed by atoms with Crippen molar-refractivity contribution < 1.29 is 9.84 Å². The van der Waals surface area contributed by atoms with E-state index in [2.05, 4.69) is 76.1 Å². The highest BCUT2D eigenvalue weighted by atomic mass is 79.9. The molecule has 0 unspecified atom stereocenters. The highest BCUT2D eigenvalue weighted by Gasteiger charge is 2.40. The zero-order valence-corrected chi connectivity index (χ0v) is 19.0. The van der Waals surface area contributed by atoms with Gasteiger partial charge in [-0.15, -0.1) is 0 Å². The van der Waals surface area contributed by atoms with Gasteiger partial charge in [-0.3, -0.25) is 0 Å². The van der Waals surface area contributed by atoms with Crippen LogP contribution in [-0.2, 0) is 10.2 Å². The van der Waals surface area contributed by atoms with Gasteiger partial charge in [-0.1, -0.05) is 32.9 Å². The first-order chi connectivity index (χ1) is 12.8. The van der Waals surface area contributed by atoms with Crippen molar-refractivity contribution in [1.82, 2.24) is 0 Å². The number of ether oxygens (including phenoxy) is 1. The molecule has 0 amide bonds. The second-order valence-corrected chi connectivity index (χ2v) is 10.3. The molecule has 2 aromatic carbocycles. The molecule has 0 saturated carbocycles. The largest absolute Gasteiger partial charge is 0.506 e. The Morgan fingerprint density at radius 1 is 1.11 bits per heavy atom. The van der Waals surface area contributed by atoms with Gasteiger partial charge in [0.2, 0.25) is 0 Å². The van der Waals surface area contributed by atoms with Gasteiger partial charge in [-0.25, -0.2) is 0 Å². The molecule has 0 bridgehead atoms. The molecule has 1 saturated heterocycles. The summed E-state index contributed by atoms with van der Waals surface area (Å²) in [5, 5.41) is 13.8. The molecule has 3 nitrogen and oxygen atoms in total. The second-order valence-electron chi connectivity index (χ2n) is 8.60. The number of anilines is 1. The van der Waals surface area contributed by atoms with E-state index in [0.29, 0.717) is 14.9 Å². The molecule has 27 heavy (non-hydrogen) atoms. The number of aromatic hydroxyl groups is 1. The third-order valence-electron chi connectivity index (χ3n) is 5.73. The highest BCUT2D eigenvalue weighted by molar-refractivity contribution is 9.11. The summed E-state index contributed by atoms with van der Waals surface area (Å²) < 4.78 is 7.71. The number of nitrogens with one attached hydrogen (secondary N) is 1. The molecule has 3 atom stereocenters. The van der Waals surface area contributed by atoms with Gasteiger partial charge in [0, 0.05) is 23.8 Å². The predicted octanol–water partition coefficient (Wildman–Crippen LogP) is 6.85. The van der Waals surface area contributed by atoms with Gasteiger partial charge in [0.25, 0.3) is 0 Å². The first-order valence-electron chi connectivity index (χ1n) is 9.46. The molecule has 2 N–H and O–H groups in total. The Hall–Kier alpha value is -1.04. The topological polar surface area (TPSA) is 41.5 Å². The van der Waals surface area contributed by atoms with E-state index in [4.69, 9.17) is 4.74 Å². The number of halogens is 2. The Labute approximate surface area is 177 Å². The summed E-state index contributed by atoms with van der Waals surface area (Å²) in [5.41, 5.74) is 5.03. The third kappa shape index (κ3) is 3.54. The zero-order valence-electron chi connectivity index (χ0n) is 15.9. The smallest absolute Gasteiger partial charge is 0.143 e. The molecule has 2 aromatic rings. The number of benzene rings is 2. The minimum Gasteiger partial charge on any atom is -0.506 e. The Kier molecular flexibility index (Phi) is 5.06. The normalized spacial score (nSPS) is 24.7. The van der Waals surface area contributed by atoms with Crippen molar-refractivity contribution >= 4 is 37.5 Å². The molecule has 144 valence electrons. The summed E-state index contributed by atoms with van der Waals surface area (Å²) in [5.74, 6) is 0.603. The fourth-order valence-electron chi connectivity index (χ4n) is 4.23. The van der Waals surface area contributed by atoms with Gasteiger partial charge in [0.05, 0.1) is 21.1 Å². The molecule has 0 radical (unpaired) electrons. The van der Waals surface area contributed by atoms with Crippen LogP contribution < -0.4 is 5.32 Å². The van der Waals surface area contributed by atoms with E-state index in [-0.39, 0.29) is 23.3 Å². The van der Waals surface area contributed by atoms with E-state index in [1.807, 2.05) is 12.1 Å². The summed E-state index contributed by atoms with van der Waals surface area (Å²) in [7, 11) is 0. The van der Waals surface area contributed by atoms with Gasteiger partial charge in [0.1, 0.15) is 5.75 Å². The lowest BCUT2D eigenvalue weighted by Crippen LogP contribution is -2.36. The maximum Gasteiger partial charge on any atom is 0.143 e. The van der Waals surface area contributed by atoms with Gasteiger partial charge in [-0.05, 0) is 79.4 Å². The highest BCUT2D eigenvalue weighted by Crippen LogP contribution is 2.51. The molecular formula is C22H25Br2NO2. The molecule has 4 rings (SSSR count). The fourth-order valence-corrected chi connectivity index (χ4v) is 5.45. The lowest BCUT2D eigenvalue weighted by atomic mass is 9.76. The van der Waals surface area contributed by atoms with Gasteiger partial charge in [0.15, 0.2) is 0 Å². The summed E-state index contributed by atoms with van der Waals surface area (Å²) in [6.07, 6.45) is 2.31. The standard InChI is InChI=1S/C22H25Br2NO2/c1-22(2,3)13-6-7-18-15(11-13)21-14(5-4-8-27-21)19(25-18)12-9-16(23)20(26)17(24)10-12/h6-7,9-11,14,19,21,25-26H,4-5,8H2,1-3H3/t14-,19-,21-/m0/s1. The number of hydrogen-bond acceptors (Lipinski definition) is 3. The van der Waals surface area contributed by atoms with Gasteiger partial charge in [-0.2, -0.15) is 0 Å². The van der Waals surface area contributed by atoms with Crippen molar-refractivity contribution in [3.63, 3.8) is 0 Å². The number of hydrogen-bond donors (Lipinski definition) is 2. The van der Waals surface area contributed by atoms with Crippen LogP contribution >= 0.6 is 31.9 Å². The van der Waals surface area contributed by atoms with E-state index in [0.717, 1.165) is 30.7 Å². The number of phenolic OH excluding ortho intramolecular Hbond substituents is 1. The van der Waals surface area contributed by atoms with Crippen molar-refractivity contribution in [1.29, 1.82) is 0 Å². The van der Waals surface area contributed by atoms with Crippen LogP contribution in [0.5, 0.6) is 5.75 Å². The number of rotatable bonds is 1. The molecule has 2 aliphatic heterocycles. The summed E-state index contributed by atoms with van der Waals surface area (Å²) in [6, 6.07) is 10.9. The number of phenols is 1. The van der Waals surface area contributed by atoms with E-state index in [1.165, 1.54) is 11.1 Å². The van der Waals surface area contributed by atoms with Crippen LogP contribution in [0.25, 0.3) is 0 Å². The van der Waals surface area contributed by atoms with Crippen molar-refractivity contribution in [2.45, 2.75) is 51.2 Å². The van der Waals surface area contributed by atoms with Gasteiger partial charge >= 0.3 is 0 Å². The first kappa shape index (κ1) is 19.3. The maximum atomic E-state index is 10.1. The van der Waals surface area contributed by atoms with Crippen LogP contribution in [0.3, 0.4) is 0 Å². The number of fused-ring (bicyclic) bond motifs is 3. The SMILES string of the molecule is CC(C)(C)c1ccc2c(c1)[C@H]1OCCC[C@H]1[C@H](c1cc(Br)c(O)c(Br)c1)N2. The Balaban J connectivity index is 1.79. The van der Waals surface area contributed by atoms with E-state index in [1.54, 1.807) is 0 Å². The lowest BCUT2D eigenvalue weighted by Gasteiger charge is -2.44. The average molecular weight is 495 g/mol. The molecule has 5 heteroatoms. The van der Waals surface area contributed by atoms with Crippen LogP contribution in [0.4, 0.5) is 5.69 Å². The van der Waals surface area contributed by atoms with Crippen LogP contribution in [0, 0.1) is 5.92 Å². The Morgan fingerprint density at radius 3 is 2.48 bits per heavy atom. The summed E-state index contributed by atoms with van der Waals surface area (Å²) >= 11 is 6.95. The summed E-state index contributed by atoms with van der Waals surface area (Å²) in [6.45, 7) is 7.56. The van der Waals surface area contributed by atoms with E-state index >= 15 is 0 Å². The van der Waals surface area contributed by atoms with Crippen molar-refractivity contribution in [2.24, 2.45) is 5.92 Å². The molecule has 0 aromatic heterocycles. The van der Waals surface area contributed by atoms with Crippen LogP contribution in [0.15, 0.2) is 39.3 Å². The first-order valence-corrected chi connectivity index (χ1v) is 11.0. The Morgan fingerprint density at radius 2 is 1.81 bits per heavy atom. The van der Waals surface area contributed by atoms with Gasteiger partial charge < -0.3 is 15.2 Å². The van der Waals surface area contributed by atoms with Crippen molar-refractivity contribution in [3.05, 3.63) is 56.0 Å². The van der Waals surface area contributed by atoms with Crippen LogP contribution in [0.2, 0.25) is 0 Å². The van der Waals surface area contributed by atoms with Crippen LogP contribution in [-0.4, -0.2) is 11.7 Å². The maximum absolute atomic E-state index is 10.1. The predicted molar refractivity (Wildman–Crippen MR) is 116 cm³/mol. The Bertz CT molecular complexity index is 852. The lowest BCUT2D eigenvalue weighted by molar-refractivity contribution is -0.0382. The van der Waals surface area contributed by atoms with E-state index in [9.17, 15) is 5.11 Å².